The molecule has 2 N–H and O–H groups in total. The minimum absolute atomic E-state index is 0.186. The predicted octanol–water partition coefficient (Wildman–Crippen LogP) is 3.32. The smallest absolute Gasteiger partial charge is 0.276 e. The molecule has 1 aliphatic rings. The van der Waals surface area contributed by atoms with E-state index >= 15 is 0 Å². The molecule has 1 saturated heterocycles. The van der Waals surface area contributed by atoms with Crippen molar-refractivity contribution in [2.75, 3.05) is 18.4 Å². The molecule has 1 amide bonds. The van der Waals surface area contributed by atoms with Crippen molar-refractivity contribution in [3.8, 4) is 0 Å². The maximum absolute atomic E-state index is 12.2. The molecular weight excluding hydrogens is 352 g/mol. The highest BCUT2D eigenvalue weighted by atomic mass is 16.2. The van der Waals surface area contributed by atoms with Gasteiger partial charge in [0.25, 0.3) is 11.5 Å². The lowest BCUT2D eigenvalue weighted by molar-refractivity contribution is 0.0981. The van der Waals surface area contributed by atoms with Crippen LogP contribution in [0.4, 0.5) is 5.69 Å². The summed E-state index contributed by atoms with van der Waals surface area (Å²) < 4.78 is 0. The molecule has 2 heterocycles. The molecule has 1 aromatic heterocycles. The first kappa shape index (κ1) is 20.3. The Hall–Kier alpha value is -2.47. The Morgan fingerprint density at radius 1 is 1.25 bits per heavy atom. The number of aromatic nitrogens is 2. The number of nitrogens with zero attached hydrogens (tertiary/aromatic N) is 2. The summed E-state index contributed by atoms with van der Waals surface area (Å²) in [6.45, 7) is 9.34. The van der Waals surface area contributed by atoms with Crippen LogP contribution in [0, 0.1) is 11.8 Å². The topological polar surface area (TPSA) is 78.1 Å². The largest absolute Gasteiger partial charge is 0.321 e. The van der Waals surface area contributed by atoms with Crippen LogP contribution in [-0.2, 0) is 6.42 Å². The van der Waals surface area contributed by atoms with E-state index in [0.29, 0.717) is 6.04 Å². The Morgan fingerprint density at radius 3 is 2.61 bits per heavy atom. The van der Waals surface area contributed by atoms with Gasteiger partial charge in [0.15, 0.2) is 0 Å². The standard InChI is InChI=1S/C22H30N4O2/c1-15(2)26-13-12-18(16(3)14-26)7-4-17-5-8-19(9-6-17)23-22(28)20-10-11-21(27)25-24-20/h5-6,8-11,15-16,18H,4,7,12-14H2,1-3H3,(H,23,28)(H,25,27)/t16-,18-/m0/s1. The van der Waals surface area contributed by atoms with E-state index in [0.717, 1.165) is 23.9 Å². The van der Waals surface area contributed by atoms with Gasteiger partial charge in [0, 0.05) is 24.3 Å². The maximum Gasteiger partial charge on any atom is 0.276 e. The van der Waals surface area contributed by atoms with Crippen molar-refractivity contribution in [3.05, 3.63) is 58.0 Å². The predicted molar refractivity (Wildman–Crippen MR) is 112 cm³/mol. The molecule has 0 saturated carbocycles. The third-order valence-corrected chi connectivity index (χ3v) is 5.77. The molecular formula is C22H30N4O2. The first-order valence-electron chi connectivity index (χ1n) is 10.1. The average Bonchev–Trinajstić information content (AvgIpc) is 2.68. The van der Waals surface area contributed by atoms with E-state index < -0.39 is 0 Å². The number of rotatable bonds is 6. The zero-order chi connectivity index (χ0) is 20.1. The monoisotopic (exact) mass is 382 g/mol. The van der Waals surface area contributed by atoms with Crippen molar-refractivity contribution in [2.45, 2.75) is 46.1 Å². The van der Waals surface area contributed by atoms with Crippen LogP contribution in [-0.4, -0.2) is 40.1 Å². The maximum atomic E-state index is 12.2. The second-order valence-corrected chi connectivity index (χ2v) is 8.11. The van der Waals surface area contributed by atoms with Crippen molar-refractivity contribution in [1.82, 2.24) is 15.1 Å². The summed E-state index contributed by atoms with van der Waals surface area (Å²) in [6, 6.07) is 11.3. The fourth-order valence-corrected chi connectivity index (χ4v) is 3.90. The molecule has 0 spiro atoms. The van der Waals surface area contributed by atoms with Crippen LogP contribution >= 0.6 is 0 Å². The summed E-state index contributed by atoms with van der Waals surface area (Å²) >= 11 is 0. The Bertz CT molecular complexity index is 824. The Morgan fingerprint density at radius 2 is 2.00 bits per heavy atom. The molecule has 2 aromatic rings. The molecule has 6 heteroatoms. The van der Waals surface area contributed by atoms with Crippen LogP contribution < -0.4 is 10.9 Å². The van der Waals surface area contributed by atoms with Gasteiger partial charge in [0.1, 0.15) is 5.69 Å². The van der Waals surface area contributed by atoms with Crippen molar-refractivity contribution >= 4 is 11.6 Å². The molecule has 1 aromatic carbocycles. The normalized spacial score (nSPS) is 20.3. The lowest BCUT2D eigenvalue weighted by atomic mass is 9.82. The summed E-state index contributed by atoms with van der Waals surface area (Å²) in [5.41, 5.74) is 1.87. The summed E-state index contributed by atoms with van der Waals surface area (Å²) in [5.74, 6) is 1.18. The van der Waals surface area contributed by atoms with Gasteiger partial charge < -0.3 is 10.2 Å². The number of hydrogen-bond donors (Lipinski definition) is 2. The number of anilines is 1. The van der Waals surface area contributed by atoms with Gasteiger partial charge in [0.2, 0.25) is 0 Å². The molecule has 150 valence electrons. The average molecular weight is 383 g/mol. The molecule has 28 heavy (non-hydrogen) atoms. The van der Waals surface area contributed by atoms with Gasteiger partial charge in [-0.15, -0.1) is 0 Å². The number of piperidine rings is 1. The van der Waals surface area contributed by atoms with E-state index in [1.54, 1.807) is 0 Å². The fourth-order valence-electron chi connectivity index (χ4n) is 3.90. The van der Waals surface area contributed by atoms with E-state index in [9.17, 15) is 9.59 Å². The molecule has 3 rings (SSSR count). The van der Waals surface area contributed by atoms with E-state index in [-0.39, 0.29) is 17.2 Å². The summed E-state index contributed by atoms with van der Waals surface area (Å²) in [6.07, 6.45) is 3.55. The first-order valence-corrected chi connectivity index (χ1v) is 10.1. The zero-order valence-electron chi connectivity index (χ0n) is 16.9. The van der Waals surface area contributed by atoms with Crippen molar-refractivity contribution in [1.29, 1.82) is 0 Å². The van der Waals surface area contributed by atoms with Gasteiger partial charge in [-0.3, -0.25) is 9.59 Å². The van der Waals surface area contributed by atoms with Crippen LogP contribution in [0.3, 0.4) is 0 Å². The number of aryl methyl sites for hydroxylation is 1. The number of hydrogen-bond acceptors (Lipinski definition) is 4. The van der Waals surface area contributed by atoms with Crippen LogP contribution in [0.1, 0.15) is 49.7 Å². The fraction of sp³-hybridized carbons (Fsp3) is 0.500. The minimum Gasteiger partial charge on any atom is -0.321 e. The second kappa shape index (κ2) is 9.15. The second-order valence-electron chi connectivity index (χ2n) is 8.11. The van der Waals surface area contributed by atoms with Gasteiger partial charge in [-0.05, 0) is 75.3 Å². The van der Waals surface area contributed by atoms with Gasteiger partial charge >= 0.3 is 0 Å². The van der Waals surface area contributed by atoms with Gasteiger partial charge in [-0.2, -0.15) is 5.10 Å². The highest BCUT2D eigenvalue weighted by Gasteiger charge is 2.26. The number of amides is 1. The summed E-state index contributed by atoms with van der Waals surface area (Å²) in [5, 5.41) is 8.81. The summed E-state index contributed by atoms with van der Waals surface area (Å²) in [7, 11) is 0. The van der Waals surface area contributed by atoms with Crippen molar-refractivity contribution < 1.29 is 4.79 Å². The SMILES string of the molecule is CC(C)N1CC[C@H](CCc2ccc(NC(=O)c3ccc(=O)[nH]n3)cc2)[C@@H](C)C1. The van der Waals surface area contributed by atoms with E-state index in [1.165, 1.54) is 43.6 Å². The number of benzene rings is 1. The Labute approximate surface area is 166 Å². The van der Waals surface area contributed by atoms with Crippen LogP contribution in [0.15, 0.2) is 41.2 Å². The third kappa shape index (κ3) is 5.29. The molecule has 0 unspecified atom stereocenters. The number of aromatic amines is 1. The minimum atomic E-state index is -0.338. The highest BCUT2D eigenvalue weighted by Crippen LogP contribution is 2.28. The molecule has 1 aliphatic heterocycles. The number of H-pyrrole nitrogens is 1. The van der Waals surface area contributed by atoms with Gasteiger partial charge in [-0.25, -0.2) is 5.10 Å². The van der Waals surface area contributed by atoms with Gasteiger partial charge in [-0.1, -0.05) is 19.1 Å². The number of carbonyl (C=O) groups excluding carboxylic acids is 1. The van der Waals surface area contributed by atoms with E-state index in [1.807, 2.05) is 12.1 Å². The molecule has 0 bridgehead atoms. The quantitative estimate of drug-likeness (QED) is 0.803. The third-order valence-electron chi connectivity index (χ3n) is 5.77. The summed E-state index contributed by atoms with van der Waals surface area (Å²) in [4.78, 5) is 25.8. The zero-order valence-corrected chi connectivity index (χ0v) is 16.9. The van der Waals surface area contributed by atoms with Crippen LogP contribution in [0.25, 0.3) is 0 Å². The van der Waals surface area contributed by atoms with Crippen LogP contribution in [0.5, 0.6) is 0 Å². The molecule has 0 radical (unpaired) electrons. The van der Waals surface area contributed by atoms with Gasteiger partial charge in [0.05, 0.1) is 0 Å². The molecule has 2 atom stereocenters. The molecule has 0 aliphatic carbocycles. The van der Waals surface area contributed by atoms with Crippen molar-refractivity contribution in [3.63, 3.8) is 0 Å². The van der Waals surface area contributed by atoms with E-state index in [2.05, 4.69) is 53.3 Å². The number of likely N-dealkylation sites (tertiary alicyclic amines) is 1. The first-order chi connectivity index (χ1) is 13.4. The highest BCUT2D eigenvalue weighted by molar-refractivity contribution is 6.02. The Balaban J connectivity index is 1.50. The number of carbonyl (C=O) groups is 1. The number of nitrogens with one attached hydrogen (secondary N) is 2. The van der Waals surface area contributed by atoms with E-state index in [4.69, 9.17) is 0 Å². The van der Waals surface area contributed by atoms with Crippen molar-refractivity contribution in [2.24, 2.45) is 11.8 Å². The van der Waals surface area contributed by atoms with Crippen LogP contribution in [0.2, 0.25) is 0 Å². The lowest BCUT2D eigenvalue weighted by Crippen LogP contribution is -2.43. The molecule has 1 fully saturated rings. The molecule has 6 nitrogen and oxygen atoms in total. The lowest BCUT2D eigenvalue weighted by Gasteiger charge is -2.39. The Kier molecular flexibility index (Phi) is 6.62.